The van der Waals surface area contributed by atoms with Gasteiger partial charge in [-0.25, -0.2) is 0 Å². The van der Waals surface area contributed by atoms with E-state index in [4.69, 9.17) is 5.21 Å². The first-order chi connectivity index (χ1) is 4.84. The van der Waals surface area contributed by atoms with E-state index in [1.54, 1.807) is 6.92 Å². The maximum Gasteiger partial charge on any atom is 0.0836 e. The van der Waals surface area contributed by atoms with Crippen LogP contribution >= 0.6 is 0 Å². The molecule has 0 aromatic heterocycles. The SMILES string of the molecule is C/C(=N/O)c1ccccc1. The van der Waals surface area contributed by atoms with Crippen LogP contribution < -0.4 is 0 Å². The van der Waals surface area contributed by atoms with E-state index in [-0.39, 0.29) is 0 Å². The molecule has 10 heavy (non-hydrogen) atoms. The lowest BCUT2D eigenvalue weighted by Crippen LogP contribution is -1.92. The van der Waals surface area contributed by atoms with E-state index in [0.717, 1.165) is 5.56 Å². The van der Waals surface area contributed by atoms with Crippen molar-refractivity contribution in [2.24, 2.45) is 5.16 Å². The van der Waals surface area contributed by atoms with Crippen molar-refractivity contribution in [2.45, 2.75) is 6.92 Å². The number of hydrogen-bond acceptors (Lipinski definition) is 2. The predicted molar refractivity (Wildman–Crippen MR) is 40.4 cm³/mol. The van der Waals surface area contributed by atoms with Crippen LogP contribution in [0.4, 0.5) is 0 Å². The van der Waals surface area contributed by atoms with Crippen LogP contribution in [0.5, 0.6) is 0 Å². The second-order valence-electron chi connectivity index (χ2n) is 2.05. The summed E-state index contributed by atoms with van der Waals surface area (Å²) >= 11 is 0. The van der Waals surface area contributed by atoms with Gasteiger partial charge < -0.3 is 5.21 Å². The van der Waals surface area contributed by atoms with Crippen molar-refractivity contribution >= 4 is 5.71 Å². The molecule has 0 bridgehead atoms. The molecule has 0 aliphatic rings. The van der Waals surface area contributed by atoms with E-state index in [1.807, 2.05) is 30.3 Å². The van der Waals surface area contributed by atoms with Crippen LogP contribution in [0, 0.1) is 0 Å². The fraction of sp³-hybridized carbons (Fsp3) is 0.125. The van der Waals surface area contributed by atoms with Gasteiger partial charge in [-0.2, -0.15) is 0 Å². The maximum atomic E-state index is 8.38. The lowest BCUT2D eigenvalue weighted by atomic mass is 10.1. The molecule has 1 N–H and O–H groups in total. The summed E-state index contributed by atoms with van der Waals surface area (Å²) in [5.41, 5.74) is 1.59. The standard InChI is InChI=1S/C8H9NO/c1-7(9-10)8-5-3-2-4-6-8/h2-6,10H,1H3/b9-7-. The first-order valence-corrected chi connectivity index (χ1v) is 3.08. The van der Waals surface area contributed by atoms with Crippen molar-refractivity contribution in [3.8, 4) is 0 Å². The van der Waals surface area contributed by atoms with Gasteiger partial charge in [-0.1, -0.05) is 35.5 Å². The van der Waals surface area contributed by atoms with Crippen molar-refractivity contribution in [1.82, 2.24) is 0 Å². The minimum atomic E-state index is 0.639. The summed E-state index contributed by atoms with van der Waals surface area (Å²) in [6, 6.07) is 9.53. The third-order valence-electron chi connectivity index (χ3n) is 1.34. The number of nitrogens with zero attached hydrogens (tertiary/aromatic N) is 1. The molecule has 0 radical (unpaired) electrons. The second-order valence-corrected chi connectivity index (χ2v) is 2.05. The Morgan fingerprint density at radius 2 is 1.90 bits per heavy atom. The van der Waals surface area contributed by atoms with E-state index in [0.29, 0.717) is 5.71 Å². The molecule has 0 amide bonds. The summed E-state index contributed by atoms with van der Waals surface area (Å²) < 4.78 is 0. The summed E-state index contributed by atoms with van der Waals surface area (Å²) in [5, 5.41) is 11.5. The van der Waals surface area contributed by atoms with Gasteiger partial charge in [0, 0.05) is 0 Å². The van der Waals surface area contributed by atoms with Crippen LogP contribution in [0.15, 0.2) is 35.5 Å². The number of oxime groups is 1. The fourth-order valence-corrected chi connectivity index (χ4v) is 0.737. The van der Waals surface area contributed by atoms with Gasteiger partial charge in [-0.15, -0.1) is 0 Å². The number of hydrogen-bond donors (Lipinski definition) is 1. The zero-order valence-corrected chi connectivity index (χ0v) is 5.78. The first kappa shape index (κ1) is 6.81. The lowest BCUT2D eigenvalue weighted by molar-refractivity contribution is 0.319. The predicted octanol–water partition coefficient (Wildman–Crippen LogP) is 1.88. The van der Waals surface area contributed by atoms with E-state index in [9.17, 15) is 0 Å². The van der Waals surface area contributed by atoms with Crippen LogP contribution in [0.25, 0.3) is 0 Å². The Balaban J connectivity index is 2.96. The van der Waals surface area contributed by atoms with Crippen molar-refractivity contribution in [1.29, 1.82) is 0 Å². The van der Waals surface area contributed by atoms with Crippen LogP contribution in [-0.2, 0) is 0 Å². The van der Waals surface area contributed by atoms with Gasteiger partial charge in [-0.05, 0) is 12.5 Å². The first-order valence-electron chi connectivity index (χ1n) is 3.08. The van der Waals surface area contributed by atoms with Gasteiger partial charge in [0.15, 0.2) is 0 Å². The number of rotatable bonds is 1. The average Bonchev–Trinajstić information content (AvgIpc) is 2.05. The van der Waals surface area contributed by atoms with Crippen LogP contribution in [0.1, 0.15) is 12.5 Å². The molecule has 2 heteroatoms. The molecule has 0 aliphatic heterocycles. The maximum absolute atomic E-state index is 8.38. The molecule has 0 unspecified atom stereocenters. The molecule has 2 nitrogen and oxygen atoms in total. The molecule has 0 fully saturated rings. The van der Waals surface area contributed by atoms with Crippen LogP contribution in [0.3, 0.4) is 0 Å². The van der Waals surface area contributed by atoms with Crippen molar-refractivity contribution < 1.29 is 5.21 Å². The third-order valence-corrected chi connectivity index (χ3v) is 1.34. The van der Waals surface area contributed by atoms with Gasteiger partial charge in [0.05, 0.1) is 5.71 Å². The lowest BCUT2D eigenvalue weighted by Gasteiger charge is -1.94. The highest BCUT2D eigenvalue weighted by Gasteiger charge is 1.92. The number of benzene rings is 1. The van der Waals surface area contributed by atoms with Gasteiger partial charge in [-0.3, -0.25) is 0 Å². The Morgan fingerprint density at radius 3 is 2.40 bits per heavy atom. The summed E-state index contributed by atoms with van der Waals surface area (Å²) in [6.45, 7) is 1.76. The molecular weight excluding hydrogens is 126 g/mol. The monoisotopic (exact) mass is 135 g/mol. The molecule has 0 spiro atoms. The minimum absolute atomic E-state index is 0.639. The Kier molecular flexibility index (Phi) is 2.05. The van der Waals surface area contributed by atoms with Crippen molar-refractivity contribution in [3.05, 3.63) is 35.9 Å². The molecule has 1 rings (SSSR count). The molecule has 0 atom stereocenters. The van der Waals surface area contributed by atoms with Gasteiger partial charge in [0.2, 0.25) is 0 Å². The molecule has 52 valence electrons. The quantitative estimate of drug-likeness (QED) is 0.356. The Bertz CT molecular complexity index is 228. The van der Waals surface area contributed by atoms with Gasteiger partial charge in [0.1, 0.15) is 0 Å². The highest BCUT2D eigenvalue weighted by molar-refractivity contribution is 5.98. The topological polar surface area (TPSA) is 32.6 Å². The average molecular weight is 135 g/mol. The third kappa shape index (κ3) is 1.35. The van der Waals surface area contributed by atoms with E-state index in [1.165, 1.54) is 0 Å². The minimum Gasteiger partial charge on any atom is -0.411 e. The molecular formula is C8H9NO. The van der Waals surface area contributed by atoms with Crippen molar-refractivity contribution in [3.63, 3.8) is 0 Å². The van der Waals surface area contributed by atoms with Gasteiger partial charge in [0.25, 0.3) is 0 Å². The molecule has 1 aromatic carbocycles. The normalized spacial score (nSPS) is 11.5. The summed E-state index contributed by atoms with van der Waals surface area (Å²) in [4.78, 5) is 0. The Morgan fingerprint density at radius 1 is 1.30 bits per heavy atom. The fourth-order valence-electron chi connectivity index (χ4n) is 0.737. The smallest absolute Gasteiger partial charge is 0.0836 e. The van der Waals surface area contributed by atoms with Crippen molar-refractivity contribution in [2.75, 3.05) is 0 Å². The molecule has 0 saturated carbocycles. The highest BCUT2D eigenvalue weighted by Crippen LogP contribution is 1.99. The molecule has 0 saturated heterocycles. The second kappa shape index (κ2) is 3.01. The summed E-state index contributed by atoms with van der Waals surface area (Å²) in [5.74, 6) is 0. The molecule has 0 heterocycles. The largest absolute Gasteiger partial charge is 0.411 e. The molecule has 0 aliphatic carbocycles. The van der Waals surface area contributed by atoms with Gasteiger partial charge >= 0.3 is 0 Å². The Hall–Kier alpha value is -1.31. The summed E-state index contributed by atoms with van der Waals surface area (Å²) in [7, 11) is 0. The summed E-state index contributed by atoms with van der Waals surface area (Å²) in [6.07, 6.45) is 0. The van der Waals surface area contributed by atoms with Crippen LogP contribution in [-0.4, -0.2) is 10.9 Å². The van der Waals surface area contributed by atoms with E-state index < -0.39 is 0 Å². The zero-order valence-electron chi connectivity index (χ0n) is 5.78. The molecule has 1 aromatic rings. The van der Waals surface area contributed by atoms with E-state index >= 15 is 0 Å². The van der Waals surface area contributed by atoms with Crippen LogP contribution in [0.2, 0.25) is 0 Å². The highest BCUT2D eigenvalue weighted by atomic mass is 16.4. The Labute approximate surface area is 59.8 Å². The zero-order chi connectivity index (χ0) is 7.40. The van der Waals surface area contributed by atoms with E-state index in [2.05, 4.69) is 5.16 Å².